The van der Waals surface area contributed by atoms with Crippen LogP contribution in [0.3, 0.4) is 0 Å². The molecule has 0 radical (unpaired) electrons. The van der Waals surface area contributed by atoms with Crippen LogP contribution in [0.15, 0.2) is 4.52 Å². The van der Waals surface area contributed by atoms with Gasteiger partial charge in [0.25, 0.3) is 5.89 Å². The second-order valence-corrected chi connectivity index (χ2v) is 4.61. The van der Waals surface area contributed by atoms with Gasteiger partial charge in [0.2, 0.25) is 0 Å². The van der Waals surface area contributed by atoms with Crippen LogP contribution in [0.2, 0.25) is 0 Å². The maximum Gasteiger partial charge on any atom is 0.252 e. The summed E-state index contributed by atoms with van der Waals surface area (Å²) in [6.45, 7) is 6.45. The lowest BCUT2D eigenvalue weighted by Gasteiger charge is -2.33. The van der Waals surface area contributed by atoms with Crippen molar-refractivity contribution >= 4 is 0 Å². The molecule has 1 N–H and O–H groups in total. The van der Waals surface area contributed by atoms with Crippen LogP contribution in [0, 0.1) is 0 Å². The maximum absolute atomic E-state index is 8.86. The second-order valence-electron chi connectivity index (χ2n) is 4.61. The van der Waals surface area contributed by atoms with Crippen LogP contribution in [0.5, 0.6) is 0 Å². The average Bonchev–Trinajstić information content (AvgIpc) is 2.77. The van der Waals surface area contributed by atoms with Crippen molar-refractivity contribution in [2.24, 2.45) is 0 Å². The van der Waals surface area contributed by atoms with E-state index in [0.717, 1.165) is 31.8 Å². The fourth-order valence-electron chi connectivity index (χ4n) is 2.17. The van der Waals surface area contributed by atoms with E-state index in [9.17, 15) is 0 Å². The molecule has 1 aliphatic heterocycles. The quantitative estimate of drug-likeness (QED) is 0.836. The molecule has 1 saturated heterocycles. The average molecular weight is 225 g/mol. The van der Waals surface area contributed by atoms with Gasteiger partial charge in [-0.05, 0) is 39.8 Å². The highest BCUT2D eigenvalue weighted by Gasteiger charge is 2.25. The molecule has 0 unspecified atom stereocenters. The number of hydrogen-bond donors (Lipinski definition) is 1. The summed E-state index contributed by atoms with van der Waals surface area (Å²) in [5, 5.41) is 12.8. The highest BCUT2D eigenvalue weighted by atomic mass is 16.5. The third-order valence-electron chi connectivity index (χ3n) is 3.24. The smallest absolute Gasteiger partial charge is 0.252 e. The molecule has 0 aliphatic carbocycles. The van der Waals surface area contributed by atoms with E-state index in [0.29, 0.717) is 17.9 Å². The largest absolute Gasteiger partial charge is 0.387 e. The Balaban J connectivity index is 1.93. The Hall–Kier alpha value is -0.940. The Morgan fingerprint density at radius 1 is 1.44 bits per heavy atom. The molecule has 0 saturated carbocycles. The van der Waals surface area contributed by atoms with Gasteiger partial charge in [0.05, 0.1) is 0 Å². The summed E-state index contributed by atoms with van der Waals surface area (Å²) in [7, 11) is 0. The van der Waals surface area contributed by atoms with E-state index in [1.165, 1.54) is 0 Å². The summed E-state index contributed by atoms with van der Waals surface area (Å²) in [6, 6.07) is 0.610. The molecule has 1 fully saturated rings. The van der Waals surface area contributed by atoms with E-state index >= 15 is 0 Å². The van der Waals surface area contributed by atoms with Gasteiger partial charge in [0.15, 0.2) is 5.82 Å². The van der Waals surface area contributed by atoms with Crippen molar-refractivity contribution in [3.05, 3.63) is 11.7 Å². The maximum atomic E-state index is 8.86. The van der Waals surface area contributed by atoms with Crippen molar-refractivity contribution in [2.75, 3.05) is 13.1 Å². The predicted molar refractivity (Wildman–Crippen MR) is 58.9 cm³/mol. The van der Waals surface area contributed by atoms with E-state index in [4.69, 9.17) is 9.63 Å². The second kappa shape index (κ2) is 4.93. The molecule has 1 aliphatic rings. The van der Waals surface area contributed by atoms with Crippen LogP contribution in [0.25, 0.3) is 0 Å². The summed E-state index contributed by atoms with van der Waals surface area (Å²) in [5.41, 5.74) is 0. The number of piperidine rings is 1. The van der Waals surface area contributed by atoms with Crippen molar-refractivity contribution in [3.8, 4) is 0 Å². The SMILES string of the molecule is CC(C)N1CCC(c2noc(CO)n2)CC1. The Kier molecular flexibility index (Phi) is 3.56. The van der Waals surface area contributed by atoms with Crippen LogP contribution in [0.4, 0.5) is 0 Å². The van der Waals surface area contributed by atoms with E-state index in [-0.39, 0.29) is 6.61 Å². The van der Waals surface area contributed by atoms with Gasteiger partial charge in [-0.25, -0.2) is 0 Å². The van der Waals surface area contributed by atoms with Crippen LogP contribution in [0.1, 0.15) is 44.3 Å². The van der Waals surface area contributed by atoms with E-state index in [2.05, 4.69) is 28.9 Å². The van der Waals surface area contributed by atoms with Crippen molar-refractivity contribution in [2.45, 2.75) is 45.3 Å². The zero-order valence-electron chi connectivity index (χ0n) is 9.89. The standard InChI is InChI=1S/C11H19N3O2/c1-8(2)14-5-3-9(4-6-14)11-12-10(7-15)16-13-11/h8-9,15H,3-7H2,1-2H3. The minimum atomic E-state index is -0.169. The van der Waals surface area contributed by atoms with Gasteiger partial charge >= 0.3 is 0 Å². The predicted octanol–water partition coefficient (Wildman–Crippen LogP) is 1.15. The molecule has 2 heterocycles. The normalized spacial score (nSPS) is 19.5. The van der Waals surface area contributed by atoms with Crippen molar-refractivity contribution in [1.29, 1.82) is 0 Å². The molecule has 5 nitrogen and oxygen atoms in total. The molecular weight excluding hydrogens is 206 g/mol. The van der Waals surface area contributed by atoms with Gasteiger partial charge in [-0.15, -0.1) is 0 Å². The molecule has 0 amide bonds. The number of likely N-dealkylation sites (tertiary alicyclic amines) is 1. The summed E-state index contributed by atoms with van der Waals surface area (Å²) >= 11 is 0. The van der Waals surface area contributed by atoms with Crippen molar-refractivity contribution in [3.63, 3.8) is 0 Å². The minimum Gasteiger partial charge on any atom is -0.387 e. The van der Waals surface area contributed by atoms with E-state index in [1.54, 1.807) is 0 Å². The summed E-state index contributed by atoms with van der Waals surface area (Å²) in [6.07, 6.45) is 2.14. The molecule has 90 valence electrons. The molecule has 0 spiro atoms. The van der Waals surface area contributed by atoms with Gasteiger partial charge < -0.3 is 14.5 Å². The molecular formula is C11H19N3O2. The number of aliphatic hydroxyl groups excluding tert-OH is 1. The lowest BCUT2D eigenvalue weighted by molar-refractivity contribution is 0.168. The first-order valence-electron chi connectivity index (χ1n) is 5.88. The molecule has 2 rings (SSSR count). The number of aliphatic hydroxyl groups is 1. The van der Waals surface area contributed by atoms with Crippen molar-refractivity contribution in [1.82, 2.24) is 15.0 Å². The number of aromatic nitrogens is 2. The van der Waals surface area contributed by atoms with Gasteiger partial charge in [-0.1, -0.05) is 5.16 Å². The van der Waals surface area contributed by atoms with E-state index in [1.807, 2.05) is 0 Å². The van der Waals surface area contributed by atoms with Gasteiger partial charge in [0, 0.05) is 12.0 Å². The Labute approximate surface area is 95.4 Å². The fourth-order valence-corrected chi connectivity index (χ4v) is 2.17. The molecule has 0 atom stereocenters. The van der Waals surface area contributed by atoms with E-state index < -0.39 is 0 Å². The molecule has 1 aromatic heterocycles. The van der Waals surface area contributed by atoms with Gasteiger partial charge in [0.1, 0.15) is 6.61 Å². The van der Waals surface area contributed by atoms with Crippen molar-refractivity contribution < 1.29 is 9.63 Å². The number of nitrogens with zero attached hydrogens (tertiary/aromatic N) is 3. The highest BCUT2D eigenvalue weighted by molar-refractivity contribution is 4.97. The minimum absolute atomic E-state index is 0.169. The van der Waals surface area contributed by atoms with Gasteiger partial charge in [-0.2, -0.15) is 4.98 Å². The zero-order valence-corrected chi connectivity index (χ0v) is 9.89. The molecule has 1 aromatic rings. The topological polar surface area (TPSA) is 62.4 Å². The summed E-state index contributed by atoms with van der Waals surface area (Å²) in [5.74, 6) is 1.47. The summed E-state index contributed by atoms with van der Waals surface area (Å²) < 4.78 is 4.92. The fraction of sp³-hybridized carbons (Fsp3) is 0.818. The third kappa shape index (κ3) is 2.41. The zero-order chi connectivity index (χ0) is 11.5. The lowest BCUT2D eigenvalue weighted by Crippen LogP contribution is -2.38. The summed E-state index contributed by atoms with van der Waals surface area (Å²) in [4.78, 5) is 6.64. The number of rotatable bonds is 3. The first-order chi connectivity index (χ1) is 7.70. The Bertz CT molecular complexity index is 330. The molecule has 0 aromatic carbocycles. The highest BCUT2D eigenvalue weighted by Crippen LogP contribution is 2.26. The lowest BCUT2D eigenvalue weighted by atomic mass is 9.95. The third-order valence-corrected chi connectivity index (χ3v) is 3.24. The van der Waals surface area contributed by atoms with Crippen LogP contribution in [-0.2, 0) is 6.61 Å². The molecule has 0 bridgehead atoms. The molecule has 5 heteroatoms. The first kappa shape index (κ1) is 11.5. The number of hydrogen-bond acceptors (Lipinski definition) is 5. The monoisotopic (exact) mass is 225 g/mol. The van der Waals surface area contributed by atoms with Crippen LogP contribution >= 0.6 is 0 Å². The Morgan fingerprint density at radius 3 is 2.62 bits per heavy atom. The Morgan fingerprint density at radius 2 is 2.12 bits per heavy atom. The van der Waals surface area contributed by atoms with Crippen LogP contribution in [-0.4, -0.2) is 39.3 Å². The molecule has 16 heavy (non-hydrogen) atoms. The first-order valence-corrected chi connectivity index (χ1v) is 5.88. The van der Waals surface area contributed by atoms with Gasteiger partial charge in [-0.3, -0.25) is 0 Å². The van der Waals surface area contributed by atoms with Crippen LogP contribution < -0.4 is 0 Å².